The Balaban J connectivity index is 2.18. The van der Waals surface area contributed by atoms with Crippen molar-refractivity contribution in [2.45, 2.75) is 5.25 Å². The predicted molar refractivity (Wildman–Crippen MR) is 49.2 cm³/mol. The fraction of sp³-hybridized carbons (Fsp3) is 0.250. The van der Waals surface area contributed by atoms with Crippen LogP contribution < -0.4 is 0 Å². The summed E-state index contributed by atoms with van der Waals surface area (Å²) in [4.78, 5) is 0. The second kappa shape index (κ2) is 2.89. The van der Waals surface area contributed by atoms with E-state index >= 15 is 0 Å². The minimum absolute atomic E-state index is 0.770. The van der Waals surface area contributed by atoms with E-state index < -0.39 is 0 Å². The number of rotatable bonds is 1. The zero-order chi connectivity index (χ0) is 6.81. The van der Waals surface area contributed by atoms with Gasteiger partial charge in [0, 0.05) is 11.0 Å². The van der Waals surface area contributed by atoms with Crippen molar-refractivity contribution < 1.29 is 0 Å². The average molecular weight is 168 g/mol. The van der Waals surface area contributed by atoms with Crippen molar-refractivity contribution in [2.75, 3.05) is 5.75 Å². The van der Waals surface area contributed by atoms with Gasteiger partial charge in [-0.15, -0.1) is 0 Å². The molecule has 1 heterocycles. The second-order valence-corrected chi connectivity index (χ2v) is 4.90. The first kappa shape index (κ1) is 6.62. The van der Waals surface area contributed by atoms with Gasteiger partial charge in [-0.3, -0.25) is 0 Å². The predicted octanol–water partition coefficient (Wildman–Crippen LogP) is 3.12. The van der Waals surface area contributed by atoms with Crippen LogP contribution in [0.5, 0.6) is 0 Å². The van der Waals surface area contributed by atoms with Crippen molar-refractivity contribution in [3.8, 4) is 0 Å². The van der Waals surface area contributed by atoms with Gasteiger partial charge < -0.3 is 0 Å². The molecule has 0 saturated carbocycles. The molecular weight excluding hydrogens is 160 g/mol. The number of benzene rings is 1. The Kier molecular flexibility index (Phi) is 1.91. The molecule has 1 fully saturated rings. The van der Waals surface area contributed by atoms with Crippen LogP contribution >= 0.6 is 21.6 Å². The molecule has 1 unspecified atom stereocenters. The highest BCUT2D eigenvalue weighted by atomic mass is 33.1. The van der Waals surface area contributed by atoms with Gasteiger partial charge in [-0.25, -0.2) is 0 Å². The van der Waals surface area contributed by atoms with Gasteiger partial charge in [0.1, 0.15) is 0 Å². The molecule has 0 amide bonds. The molecule has 10 heavy (non-hydrogen) atoms. The lowest BCUT2D eigenvalue weighted by Gasteiger charge is -2.23. The zero-order valence-corrected chi connectivity index (χ0v) is 7.12. The van der Waals surface area contributed by atoms with E-state index in [4.69, 9.17) is 0 Å². The van der Waals surface area contributed by atoms with E-state index in [0.29, 0.717) is 0 Å². The van der Waals surface area contributed by atoms with Gasteiger partial charge in [0.2, 0.25) is 0 Å². The fourth-order valence-electron chi connectivity index (χ4n) is 0.956. The first-order valence-electron chi connectivity index (χ1n) is 3.30. The lowest BCUT2D eigenvalue weighted by Crippen LogP contribution is -2.02. The van der Waals surface area contributed by atoms with E-state index in [-0.39, 0.29) is 0 Å². The summed E-state index contributed by atoms with van der Waals surface area (Å²) in [6, 6.07) is 10.7. The lowest BCUT2D eigenvalue weighted by atomic mass is 10.2. The van der Waals surface area contributed by atoms with Crippen molar-refractivity contribution in [1.29, 1.82) is 0 Å². The van der Waals surface area contributed by atoms with Gasteiger partial charge in [0.15, 0.2) is 0 Å². The van der Waals surface area contributed by atoms with Crippen LogP contribution in [0.3, 0.4) is 0 Å². The Bertz CT molecular complexity index is 204. The van der Waals surface area contributed by atoms with Crippen LogP contribution in [0, 0.1) is 0 Å². The summed E-state index contributed by atoms with van der Waals surface area (Å²) in [5.41, 5.74) is 1.48. The standard InChI is InChI=1S/C8H8S2/c1-2-4-7(5-3-1)8-6-9-10-8/h1-5,8H,6H2. The maximum absolute atomic E-state index is 2.21. The first-order chi connectivity index (χ1) is 4.97. The van der Waals surface area contributed by atoms with Crippen molar-refractivity contribution in [1.82, 2.24) is 0 Å². The largest absolute Gasteiger partial charge is 0.0920 e. The van der Waals surface area contributed by atoms with Gasteiger partial charge in [0.25, 0.3) is 0 Å². The van der Waals surface area contributed by atoms with Crippen LogP contribution in [0.15, 0.2) is 30.3 Å². The summed E-state index contributed by atoms with van der Waals surface area (Å²) < 4.78 is 0. The van der Waals surface area contributed by atoms with E-state index in [1.165, 1.54) is 11.3 Å². The minimum atomic E-state index is 0.770. The van der Waals surface area contributed by atoms with Gasteiger partial charge in [0.05, 0.1) is 0 Å². The molecule has 0 aliphatic carbocycles. The molecule has 2 rings (SSSR count). The fourth-order valence-corrected chi connectivity index (χ4v) is 2.84. The van der Waals surface area contributed by atoms with Crippen molar-refractivity contribution in [3.63, 3.8) is 0 Å². The zero-order valence-electron chi connectivity index (χ0n) is 5.49. The summed E-state index contributed by atoms with van der Waals surface area (Å²) in [5.74, 6) is 1.29. The normalized spacial score (nSPS) is 23.8. The Morgan fingerprint density at radius 2 is 1.90 bits per heavy atom. The molecule has 0 N–H and O–H groups in total. The molecule has 0 radical (unpaired) electrons. The molecule has 0 spiro atoms. The third-order valence-electron chi connectivity index (χ3n) is 1.57. The van der Waals surface area contributed by atoms with Crippen LogP contribution in [0.1, 0.15) is 10.8 Å². The Morgan fingerprint density at radius 3 is 2.40 bits per heavy atom. The van der Waals surface area contributed by atoms with Crippen LogP contribution in [-0.4, -0.2) is 5.75 Å². The molecule has 52 valence electrons. The van der Waals surface area contributed by atoms with E-state index in [1.807, 2.05) is 21.6 Å². The van der Waals surface area contributed by atoms with Gasteiger partial charge in [-0.1, -0.05) is 51.9 Å². The molecule has 0 bridgehead atoms. The Labute approximate surface area is 68.8 Å². The molecule has 1 atom stereocenters. The summed E-state index contributed by atoms with van der Waals surface area (Å²) in [6.07, 6.45) is 0. The van der Waals surface area contributed by atoms with E-state index in [1.54, 1.807) is 0 Å². The first-order valence-corrected chi connectivity index (χ1v) is 5.68. The van der Waals surface area contributed by atoms with Crippen LogP contribution in [0.2, 0.25) is 0 Å². The molecule has 2 heteroatoms. The summed E-state index contributed by atoms with van der Waals surface area (Å²) in [5, 5.41) is 0.770. The van der Waals surface area contributed by atoms with Gasteiger partial charge in [-0.05, 0) is 5.56 Å². The molecule has 1 aliphatic heterocycles. The molecule has 1 aliphatic rings. The van der Waals surface area contributed by atoms with Gasteiger partial charge in [-0.2, -0.15) is 0 Å². The van der Waals surface area contributed by atoms with E-state index in [9.17, 15) is 0 Å². The number of hydrogen-bond donors (Lipinski definition) is 0. The second-order valence-electron chi connectivity index (χ2n) is 2.28. The molecule has 1 aromatic carbocycles. The maximum atomic E-state index is 2.21. The average Bonchev–Trinajstić information content (AvgIpc) is 1.86. The maximum Gasteiger partial charge on any atom is 0.0499 e. The minimum Gasteiger partial charge on any atom is -0.0920 e. The summed E-state index contributed by atoms with van der Waals surface area (Å²) >= 11 is 0. The quantitative estimate of drug-likeness (QED) is 0.591. The summed E-state index contributed by atoms with van der Waals surface area (Å²) in [6.45, 7) is 0. The molecule has 1 saturated heterocycles. The Morgan fingerprint density at radius 1 is 1.20 bits per heavy atom. The smallest absolute Gasteiger partial charge is 0.0499 e. The molecule has 0 nitrogen and oxygen atoms in total. The molecular formula is C8H8S2. The molecule has 1 aromatic rings. The highest BCUT2D eigenvalue weighted by molar-refractivity contribution is 8.79. The summed E-state index contributed by atoms with van der Waals surface area (Å²) in [7, 11) is 3.93. The highest BCUT2D eigenvalue weighted by Crippen LogP contribution is 2.50. The van der Waals surface area contributed by atoms with Crippen LogP contribution in [-0.2, 0) is 0 Å². The molecule has 0 aromatic heterocycles. The topological polar surface area (TPSA) is 0 Å². The van der Waals surface area contributed by atoms with Crippen molar-refractivity contribution in [2.24, 2.45) is 0 Å². The third-order valence-corrected chi connectivity index (χ3v) is 4.58. The monoisotopic (exact) mass is 168 g/mol. The van der Waals surface area contributed by atoms with E-state index in [0.717, 1.165) is 5.25 Å². The van der Waals surface area contributed by atoms with Crippen LogP contribution in [0.25, 0.3) is 0 Å². The lowest BCUT2D eigenvalue weighted by molar-refractivity contribution is 1.12. The third kappa shape index (κ3) is 1.18. The van der Waals surface area contributed by atoms with Crippen molar-refractivity contribution >= 4 is 21.6 Å². The Hall–Kier alpha value is -0.0800. The van der Waals surface area contributed by atoms with Crippen LogP contribution in [0.4, 0.5) is 0 Å². The van der Waals surface area contributed by atoms with E-state index in [2.05, 4.69) is 30.3 Å². The van der Waals surface area contributed by atoms with Crippen molar-refractivity contribution in [3.05, 3.63) is 35.9 Å². The number of hydrogen-bond acceptors (Lipinski definition) is 2. The highest BCUT2D eigenvalue weighted by Gasteiger charge is 2.20. The van der Waals surface area contributed by atoms with Gasteiger partial charge >= 0.3 is 0 Å². The SMILES string of the molecule is c1ccc(C2CSS2)cc1.